The fourth-order valence-electron chi connectivity index (χ4n) is 2.99. The highest BCUT2D eigenvalue weighted by Crippen LogP contribution is 2.22. The molecule has 0 aliphatic carbocycles. The third-order valence-electron chi connectivity index (χ3n) is 4.37. The minimum absolute atomic E-state index is 0.00996. The van der Waals surface area contributed by atoms with Gasteiger partial charge in [-0.05, 0) is 42.0 Å². The van der Waals surface area contributed by atoms with E-state index in [2.05, 4.69) is 10.6 Å². The lowest BCUT2D eigenvalue weighted by molar-refractivity contribution is -0.125. The minimum Gasteiger partial charge on any atom is -0.396 e. The molecule has 7 heteroatoms. The zero-order valence-electron chi connectivity index (χ0n) is 14.1. The first-order valence-corrected chi connectivity index (χ1v) is 9.32. The summed E-state index contributed by atoms with van der Waals surface area (Å²) in [6.07, 6.45) is 1.14. The smallest absolute Gasteiger partial charge is 0.251 e. The molecule has 1 aromatic carbocycles. The van der Waals surface area contributed by atoms with Crippen molar-refractivity contribution in [3.8, 4) is 0 Å². The molecule has 1 aliphatic heterocycles. The van der Waals surface area contributed by atoms with Gasteiger partial charge in [0.2, 0.25) is 11.8 Å². The number of hydrogen-bond donors (Lipinski definition) is 3. The van der Waals surface area contributed by atoms with Crippen molar-refractivity contribution < 1.29 is 19.5 Å². The number of thiophene rings is 1. The first-order valence-electron chi connectivity index (χ1n) is 8.44. The molecule has 0 radical (unpaired) electrons. The third kappa shape index (κ3) is 4.36. The van der Waals surface area contributed by atoms with Gasteiger partial charge in [-0.1, -0.05) is 18.2 Å². The predicted molar refractivity (Wildman–Crippen MR) is 97.6 cm³/mol. The monoisotopic (exact) mass is 372 g/mol. The van der Waals surface area contributed by atoms with E-state index in [0.29, 0.717) is 18.4 Å². The Kier molecular flexibility index (Phi) is 5.80. The molecule has 2 aromatic rings. The lowest BCUT2D eigenvalue weighted by Gasteiger charge is -2.16. The van der Waals surface area contributed by atoms with Crippen LogP contribution in [0.1, 0.15) is 39.7 Å². The zero-order chi connectivity index (χ0) is 18.5. The fraction of sp³-hybridized carbons (Fsp3) is 0.316. The number of carbonyl (C=O) groups is 3. The second-order valence-electron chi connectivity index (χ2n) is 6.27. The summed E-state index contributed by atoms with van der Waals surface area (Å²) < 4.78 is 0. The van der Waals surface area contributed by atoms with E-state index in [9.17, 15) is 19.5 Å². The van der Waals surface area contributed by atoms with Crippen LogP contribution in [0.3, 0.4) is 0 Å². The molecule has 136 valence electrons. The fourth-order valence-corrected chi connectivity index (χ4v) is 3.81. The van der Waals surface area contributed by atoms with Crippen molar-refractivity contribution in [2.45, 2.75) is 25.3 Å². The van der Waals surface area contributed by atoms with Crippen molar-refractivity contribution in [2.75, 3.05) is 6.61 Å². The van der Waals surface area contributed by atoms with Crippen LogP contribution >= 0.6 is 11.3 Å². The van der Waals surface area contributed by atoms with E-state index >= 15 is 0 Å². The van der Waals surface area contributed by atoms with E-state index in [1.807, 2.05) is 17.5 Å². The van der Waals surface area contributed by atoms with E-state index < -0.39 is 0 Å². The van der Waals surface area contributed by atoms with Crippen molar-refractivity contribution in [1.82, 2.24) is 10.6 Å². The second-order valence-corrected chi connectivity index (χ2v) is 7.25. The maximum atomic E-state index is 12.5. The summed E-state index contributed by atoms with van der Waals surface area (Å²) in [4.78, 5) is 36.4. The summed E-state index contributed by atoms with van der Waals surface area (Å²) in [6, 6.07) is 10.7. The molecule has 1 aliphatic rings. The molecule has 3 N–H and O–H groups in total. The van der Waals surface area contributed by atoms with Crippen molar-refractivity contribution >= 4 is 29.1 Å². The molecule has 26 heavy (non-hydrogen) atoms. The number of hydrogen-bond acceptors (Lipinski definition) is 5. The predicted octanol–water partition coefficient (Wildman–Crippen LogP) is 1.81. The molecule has 2 atom stereocenters. The Labute approximate surface area is 155 Å². The quantitative estimate of drug-likeness (QED) is 0.646. The van der Waals surface area contributed by atoms with Crippen LogP contribution in [0.4, 0.5) is 0 Å². The average molecular weight is 372 g/mol. The van der Waals surface area contributed by atoms with E-state index in [0.717, 1.165) is 10.4 Å². The average Bonchev–Trinajstić information content (AvgIpc) is 3.25. The second kappa shape index (κ2) is 8.25. The molecule has 1 saturated heterocycles. The van der Waals surface area contributed by atoms with Gasteiger partial charge in [0.1, 0.15) is 0 Å². The molecule has 0 unspecified atom stereocenters. The summed E-state index contributed by atoms with van der Waals surface area (Å²) in [5.74, 6) is -1.02. The van der Waals surface area contributed by atoms with E-state index in [1.54, 1.807) is 24.3 Å². The van der Waals surface area contributed by atoms with Crippen LogP contribution in [0.2, 0.25) is 0 Å². The Hall–Kier alpha value is -2.51. The van der Waals surface area contributed by atoms with Gasteiger partial charge in [0.25, 0.3) is 5.91 Å². The number of rotatable bonds is 7. The highest BCUT2D eigenvalue weighted by molar-refractivity contribution is 7.10. The maximum absolute atomic E-state index is 12.5. The molecular formula is C19H20N2O4S. The number of carbonyl (C=O) groups excluding carboxylic acids is 3. The highest BCUT2D eigenvalue weighted by atomic mass is 32.1. The summed E-state index contributed by atoms with van der Waals surface area (Å²) in [5.41, 5.74) is 1.42. The summed E-state index contributed by atoms with van der Waals surface area (Å²) in [7, 11) is 0. The minimum atomic E-state index is -0.338. The molecule has 6 nitrogen and oxygen atoms in total. The van der Waals surface area contributed by atoms with E-state index in [4.69, 9.17) is 0 Å². The molecular weight excluding hydrogens is 352 g/mol. The SMILES string of the molecule is O=C1C[C@@H](Cc2ccc(C(=O)N[C@H](CCO)c3cccs3)cc2)C(=O)N1. The summed E-state index contributed by atoms with van der Waals surface area (Å²) in [5, 5.41) is 16.4. The maximum Gasteiger partial charge on any atom is 0.251 e. The molecule has 0 bridgehead atoms. The molecule has 1 fully saturated rings. The molecule has 3 amide bonds. The van der Waals surface area contributed by atoms with Gasteiger partial charge in [0, 0.05) is 23.5 Å². The van der Waals surface area contributed by atoms with Gasteiger partial charge >= 0.3 is 0 Å². The Bertz CT molecular complexity index is 786. The van der Waals surface area contributed by atoms with E-state index in [-0.39, 0.29) is 42.7 Å². The molecule has 0 saturated carbocycles. The molecule has 3 rings (SSSR count). The van der Waals surface area contributed by atoms with Gasteiger partial charge in [-0.15, -0.1) is 11.3 Å². The van der Waals surface area contributed by atoms with Gasteiger partial charge in [-0.2, -0.15) is 0 Å². The highest BCUT2D eigenvalue weighted by Gasteiger charge is 2.30. The van der Waals surface area contributed by atoms with Crippen molar-refractivity contribution in [2.24, 2.45) is 5.92 Å². The van der Waals surface area contributed by atoms with Gasteiger partial charge in [-0.3, -0.25) is 19.7 Å². The van der Waals surface area contributed by atoms with Gasteiger partial charge in [-0.25, -0.2) is 0 Å². The topological polar surface area (TPSA) is 95.5 Å². The number of aliphatic hydroxyl groups is 1. The number of aliphatic hydroxyl groups excluding tert-OH is 1. The van der Waals surface area contributed by atoms with Crippen LogP contribution in [0.25, 0.3) is 0 Å². The lowest BCUT2D eigenvalue weighted by Crippen LogP contribution is -2.28. The number of amides is 3. The summed E-state index contributed by atoms with van der Waals surface area (Å²) in [6.45, 7) is -0.00996. The summed E-state index contributed by atoms with van der Waals surface area (Å²) >= 11 is 1.54. The van der Waals surface area contributed by atoms with Crippen LogP contribution < -0.4 is 10.6 Å². The number of imide groups is 1. The first kappa shape index (κ1) is 18.3. The Balaban J connectivity index is 1.63. The van der Waals surface area contributed by atoms with Crippen molar-refractivity contribution in [1.29, 1.82) is 0 Å². The van der Waals surface area contributed by atoms with Crippen LogP contribution in [-0.4, -0.2) is 29.4 Å². The standard InChI is InChI=1S/C19H20N2O4S/c22-8-7-15(16-2-1-9-26-16)20-18(24)13-5-3-12(4-6-13)10-14-11-17(23)21-19(14)25/h1-6,9,14-15,22H,7-8,10-11H2,(H,20,24)(H,21,23,25)/t14-,15-/m1/s1. The Morgan fingerprint density at radius 2 is 2.04 bits per heavy atom. The van der Waals surface area contributed by atoms with Crippen LogP contribution in [-0.2, 0) is 16.0 Å². The number of nitrogens with one attached hydrogen (secondary N) is 2. The molecule has 0 spiro atoms. The molecule has 1 aromatic heterocycles. The third-order valence-corrected chi connectivity index (χ3v) is 5.36. The largest absolute Gasteiger partial charge is 0.396 e. The normalized spacial score (nSPS) is 17.8. The van der Waals surface area contributed by atoms with Crippen LogP contribution in [0, 0.1) is 5.92 Å². The van der Waals surface area contributed by atoms with Crippen LogP contribution in [0.15, 0.2) is 41.8 Å². The van der Waals surface area contributed by atoms with Crippen molar-refractivity contribution in [3.63, 3.8) is 0 Å². The van der Waals surface area contributed by atoms with Crippen LogP contribution in [0.5, 0.6) is 0 Å². The Morgan fingerprint density at radius 1 is 1.27 bits per heavy atom. The van der Waals surface area contributed by atoms with Crippen molar-refractivity contribution in [3.05, 3.63) is 57.8 Å². The first-order chi connectivity index (χ1) is 12.6. The number of benzene rings is 1. The Morgan fingerprint density at radius 3 is 2.62 bits per heavy atom. The van der Waals surface area contributed by atoms with Gasteiger partial charge < -0.3 is 10.4 Å². The van der Waals surface area contributed by atoms with Gasteiger partial charge in [0.15, 0.2) is 0 Å². The zero-order valence-corrected chi connectivity index (χ0v) is 14.9. The van der Waals surface area contributed by atoms with E-state index in [1.165, 1.54) is 11.3 Å². The van der Waals surface area contributed by atoms with Gasteiger partial charge in [0.05, 0.1) is 12.0 Å². The lowest BCUT2D eigenvalue weighted by atomic mass is 9.97. The molecule has 2 heterocycles.